The van der Waals surface area contributed by atoms with Gasteiger partial charge >= 0.3 is 0 Å². The number of nitrogens with zero attached hydrogens (tertiary/aromatic N) is 4. The molecule has 0 aromatic heterocycles. The molecule has 9 rings (SSSR count). The Morgan fingerprint density at radius 2 is 1.51 bits per heavy atom. The average molecular weight is 1050 g/mol. The van der Waals surface area contributed by atoms with Gasteiger partial charge in [-0.15, -0.1) is 18.3 Å². The molecular formula is C58H60N4O13S. The first kappa shape index (κ1) is 53.3. The van der Waals surface area contributed by atoms with Gasteiger partial charge in [-0.2, -0.15) is 0 Å². The van der Waals surface area contributed by atoms with Gasteiger partial charge in [0.2, 0.25) is 18.5 Å². The number of hydrogen-bond donors (Lipinski definition) is 2. The second-order valence-corrected chi connectivity index (χ2v) is 20.0. The summed E-state index contributed by atoms with van der Waals surface area (Å²) in [7, 11) is 0. The number of carbonyl (C=O) groups excluding carboxylic acids is 1. The Morgan fingerprint density at radius 1 is 0.842 bits per heavy atom. The molecule has 2 N–H and O–H groups in total. The number of thioether (sulfide) groups is 1. The minimum absolute atomic E-state index is 0.0196. The quantitative estimate of drug-likeness (QED) is 0.0147. The van der Waals surface area contributed by atoms with Crippen molar-refractivity contribution in [2.45, 2.75) is 80.7 Å². The Kier molecular flexibility index (Phi) is 17.1. The summed E-state index contributed by atoms with van der Waals surface area (Å²) in [5.41, 5.74) is 3.98. The van der Waals surface area contributed by atoms with E-state index in [-0.39, 0.29) is 75.3 Å². The van der Waals surface area contributed by atoms with E-state index in [4.69, 9.17) is 33.7 Å². The summed E-state index contributed by atoms with van der Waals surface area (Å²) in [6.07, 6.45) is 13.1. The van der Waals surface area contributed by atoms with Crippen molar-refractivity contribution in [1.82, 2.24) is 4.90 Å². The van der Waals surface area contributed by atoms with E-state index in [0.29, 0.717) is 76.8 Å². The van der Waals surface area contributed by atoms with Crippen molar-refractivity contribution >= 4 is 40.8 Å². The Balaban J connectivity index is 1.24. The van der Waals surface area contributed by atoms with Gasteiger partial charge in [0.1, 0.15) is 29.9 Å². The van der Waals surface area contributed by atoms with Crippen LogP contribution < -0.4 is 18.9 Å². The highest BCUT2D eigenvalue weighted by Gasteiger charge is 2.65. The lowest BCUT2D eigenvalue weighted by Crippen LogP contribution is -2.70. The Bertz CT molecular complexity index is 2980. The number of allylic oxidation sites excluding steroid dienone is 1. The molecule has 1 saturated carbocycles. The molecule has 1 fully saturated rings. The summed E-state index contributed by atoms with van der Waals surface area (Å²) in [6, 6.07) is 30.2. The predicted molar refractivity (Wildman–Crippen MR) is 286 cm³/mol. The van der Waals surface area contributed by atoms with Gasteiger partial charge in [-0.25, -0.2) is 0 Å². The van der Waals surface area contributed by atoms with E-state index >= 15 is 4.79 Å². The van der Waals surface area contributed by atoms with Crippen molar-refractivity contribution in [2.75, 3.05) is 32.9 Å². The molecule has 6 atom stereocenters. The number of ether oxygens (including phenoxy) is 5. The first-order valence-electron chi connectivity index (χ1n) is 25.4. The third kappa shape index (κ3) is 11.8. The maximum absolute atomic E-state index is 15.4. The van der Waals surface area contributed by atoms with Crippen LogP contribution >= 0.6 is 11.8 Å². The van der Waals surface area contributed by atoms with Crippen molar-refractivity contribution in [1.29, 1.82) is 0 Å². The second kappa shape index (κ2) is 24.4. The molecule has 0 bridgehead atoms. The molecule has 5 aromatic rings. The highest BCUT2D eigenvalue weighted by Crippen LogP contribution is 2.62. The van der Waals surface area contributed by atoms with Crippen LogP contribution in [0, 0.1) is 38.0 Å². The Morgan fingerprint density at radius 3 is 2.21 bits per heavy atom. The monoisotopic (exact) mass is 1050 g/mol. The molecule has 2 heterocycles. The number of unbranched alkanes of at least 4 members (excludes halogenated alkanes) is 2. The van der Waals surface area contributed by atoms with Gasteiger partial charge in [0, 0.05) is 72.9 Å². The summed E-state index contributed by atoms with van der Waals surface area (Å²) in [5, 5.41) is 48.2. The molecule has 1 amide bonds. The fraction of sp³-hybridized carbons (Fsp3) is 0.345. The SMILES string of the molecule is C=CCOC12Oc3ccc(Oc4ccc(SC)cc4)cc3C3C(CCCCO)C(CCCCO)C=C(C(=NOCc4ccc([N+](=O)[O-])cc4)CC1N(Cc1ccc4c(c1)OCO4)C(=O)C=Cc1ccc([N+](=O)[O-])cc1)C32. The molecule has 0 spiro atoms. The zero-order valence-corrected chi connectivity index (χ0v) is 42.9. The normalized spacial score (nSPS) is 21.5. The van der Waals surface area contributed by atoms with E-state index in [1.165, 1.54) is 30.3 Å². The number of carbonyl (C=O) groups is 1. The van der Waals surface area contributed by atoms with Gasteiger partial charge in [0.25, 0.3) is 11.4 Å². The van der Waals surface area contributed by atoms with Gasteiger partial charge in [-0.05, 0) is 151 Å². The topological polar surface area (TPSA) is 215 Å². The molecule has 2 aliphatic heterocycles. The van der Waals surface area contributed by atoms with Crippen LogP contribution in [0.15, 0.2) is 150 Å². The summed E-state index contributed by atoms with van der Waals surface area (Å²) in [6.45, 7) is 4.20. The molecule has 18 heteroatoms. The zero-order chi connectivity index (χ0) is 53.2. The fourth-order valence-electron chi connectivity index (χ4n) is 10.9. The molecule has 2 aliphatic carbocycles. The molecule has 396 valence electrons. The van der Waals surface area contributed by atoms with E-state index in [9.17, 15) is 30.4 Å². The van der Waals surface area contributed by atoms with Gasteiger partial charge in [0.15, 0.2) is 11.5 Å². The van der Waals surface area contributed by atoms with Crippen molar-refractivity contribution in [3.05, 3.63) is 182 Å². The summed E-state index contributed by atoms with van der Waals surface area (Å²) < 4.78 is 32.8. The van der Waals surface area contributed by atoms with Crippen LogP contribution in [0.5, 0.6) is 28.7 Å². The van der Waals surface area contributed by atoms with Crippen LogP contribution in [-0.2, 0) is 27.5 Å². The van der Waals surface area contributed by atoms with E-state index in [1.54, 1.807) is 59.1 Å². The van der Waals surface area contributed by atoms with Crippen LogP contribution in [0.2, 0.25) is 0 Å². The largest absolute Gasteiger partial charge is 0.459 e. The minimum Gasteiger partial charge on any atom is -0.459 e. The second-order valence-electron chi connectivity index (χ2n) is 19.1. The molecular weight excluding hydrogens is 993 g/mol. The molecule has 0 saturated heterocycles. The zero-order valence-electron chi connectivity index (χ0n) is 42.1. The molecule has 6 unspecified atom stereocenters. The predicted octanol–water partition coefficient (Wildman–Crippen LogP) is 11.3. The lowest BCUT2D eigenvalue weighted by molar-refractivity contribution is -0.385. The van der Waals surface area contributed by atoms with E-state index in [0.717, 1.165) is 28.9 Å². The number of non-ortho nitro benzene ring substituents is 2. The van der Waals surface area contributed by atoms with Crippen LogP contribution in [-0.4, -0.2) is 81.3 Å². The molecule has 5 aromatic carbocycles. The lowest BCUT2D eigenvalue weighted by Gasteiger charge is -2.60. The Labute approximate surface area is 444 Å². The van der Waals surface area contributed by atoms with E-state index in [1.807, 2.05) is 60.9 Å². The van der Waals surface area contributed by atoms with Crippen LogP contribution in [0.4, 0.5) is 11.4 Å². The lowest BCUT2D eigenvalue weighted by atomic mass is 9.55. The maximum Gasteiger partial charge on any atom is 0.269 e. The number of nitro groups is 2. The van der Waals surface area contributed by atoms with Crippen LogP contribution in [0.1, 0.15) is 73.1 Å². The number of aliphatic hydroxyl groups is 2. The van der Waals surface area contributed by atoms with Gasteiger partial charge in [0.05, 0.1) is 28.1 Å². The number of rotatable bonds is 24. The average Bonchev–Trinajstić information content (AvgIpc) is 4.00. The van der Waals surface area contributed by atoms with E-state index in [2.05, 4.69) is 12.7 Å². The number of hydrogen-bond acceptors (Lipinski definition) is 15. The third-order valence-electron chi connectivity index (χ3n) is 14.5. The van der Waals surface area contributed by atoms with Gasteiger partial charge in [-0.1, -0.05) is 36.2 Å². The Hall–Kier alpha value is -7.51. The van der Waals surface area contributed by atoms with Crippen molar-refractivity contribution in [2.24, 2.45) is 22.9 Å². The number of oxime groups is 1. The van der Waals surface area contributed by atoms with Gasteiger partial charge < -0.3 is 43.6 Å². The highest BCUT2D eigenvalue weighted by atomic mass is 32.2. The molecule has 4 aliphatic rings. The van der Waals surface area contributed by atoms with Crippen molar-refractivity contribution < 1.29 is 53.4 Å². The number of aliphatic hydroxyl groups excluding tert-OH is 2. The number of benzene rings is 5. The summed E-state index contributed by atoms with van der Waals surface area (Å²) in [4.78, 5) is 46.6. The molecule has 0 radical (unpaired) electrons. The van der Waals surface area contributed by atoms with Gasteiger partial charge in [-0.3, -0.25) is 25.0 Å². The van der Waals surface area contributed by atoms with Crippen LogP contribution in [0.25, 0.3) is 6.08 Å². The van der Waals surface area contributed by atoms with E-state index < -0.39 is 33.5 Å². The standard InChI is InChI=1S/C58H60N4O13S/c1-3-30-72-58-54(60(35-40-14-25-52-53(31-40)71-37-70-52)55(65)27-15-38-10-16-42(17-11-38)61(66)67)34-50(59-73-36-39-12-18-43(19-13-39)62(68)69)48-32-41(8-4-6-28-63)47(9-5-7-29-64)56(57(48)58)49-33-45(22-26-51(49)75-58)74-44-20-23-46(76-2)24-21-44/h3,10-27,31-33,41,47,54,56-57,63-64H,1,4-9,28-30,34-37H2,2H3. The highest BCUT2D eigenvalue weighted by molar-refractivity contribution is 7.98. The summed E-state index contributed by atoms with van der Waals surface area (Å²) >= 11 is 1.63. The fourth-order valence-corrected chi connectivity index (χ4v) is 11.3. The minimum atomic E-state index is -1.62. The summed E-state index contributed by atoms with van der Waals surface area (Å²) in [5.74, 6) is -0.345. The first-order chi connectivity index (χ1) is 37.0. The number of fused-ring (bicyclic) bond motifs is 3. The molecule has 17 nitrogen and oxygen atoms in total. The smallest absolute Gasteiger partial charge is 0.269 e. The number of nitro benzene ring substituents is 2. The third-order valence-corrected chi connectivity index (χ3v) is 15.2. The van der Waals surface area contributed by atoms with Crippen molar-refractivity contribution in [3.63, 3.8) is 0 Å². The van der Waals surface area contributed by atoms with Crippen molar-refractivity contribution in [3.8, 4) is 28.7 Å². The first-order valence-corrected chi connectivity index (χ1v) is 26.6. The number of amides is 1. The molecule has 76 heavy (non-hydrogen) atoms. The van der Waals surface area contributed by atoms with Crippen LogP contribution in [0.3, 0.4) is 0 Å². The maximum atomic E-state index is 15.4.